The summed E-state index contributed by atoms with van der Waals surface area (Å²) in [4.78, 5) is 12.6. The van der Waals surface area contributed by atoms with Crippen molar-refractivity contribution in [1.82, 2.24) is 0 Å². The van der Waals surface area contributed by atoms with Crippen molar-refractivity contribution in [3.05, 3.63) is 59.9 Å². The van der Waals surface area contributed by atoms with E-state index in [1.807, 2.05) is 13.8 Å². The molecule has 132 valence electrons. The number of hydrogen-bond donors (Lipinski definition) is 2. The van der Waals surface area contributed by atoms with Crippen molar-refractivity contribution >= 4 is 21.6 Å². The summed E-state index contributed by atoms with van der Waals surface area (Å²) in [7, 11) is -3.74. The first-order valence-electron chi connectivity index (χ1n) is 7.80. The van der Waals surface area contributed by atoms with E-state index >= 15 is 0 Å². The Hall–Kier alpha value is -2.25. The second-order valence-corrected chi connectivity index (χ2v) is 8.45. The SMILES string of the molecule is CC1(C)C(C(=O)Nc2ccc(F)cc2)[C@H]1c1ccc(S(N)(=O)=O)cc1. The molecule has 0 aromatic heterocycles. The normalized spacial score (nSPS) is 21.6. The lowest BCUT2D eigenvalue weighted by atomic mass is 10.0. The average molecular weight is 362 g/mol. The molecule has 7 heteroatoms. The third-order valence-corrected chi connectivity index (χ3v) is 5.72. The number of nitrogens with one attached hydrogen (secondary N) is 1. The number of carbonyl (C=O) groups excluding carboxylic acids is 1. The number of nitrogens with two attached hydrogens (primary N) is 1. The van der Waals surface area contributed by atoms with Gasteiger partial charge in [-0.05, 0) is 47.4 Å². The van der Waals surface area contributed by atoms with Gasteiger partial charge < -0.3 is 5.32 Å². The highest BCUT2D eigenvalue weighted by atomic mass is 32.2. The molecule has 1 unspecified atom stereocenters. The predicted molar refractivity (Wildman–Crippen MR) is 92.9 cm³/mol. The standard InChI is InChI=1S/C18H19FN2O3S/c1-18(2)15(11-3-9-14(10-4-11)25(20,23)24)16(18)17(22)21-13-7-5-12(19)6-8-13/h3-10,15-16H,1-2H3,(H,21,22)(H2,20,23,24)/t15-,16?/m1/s1. The van der Waals surface area contributed by atoms with E-state index < -0.39 is 10.0 Å². The molecule has 0 spiro atoms. The van der Waals surface area contributed by atoms with Crippen LogP contribution < -0.4 is 10.5 Å². The van der Waals surface area contributed by atoms with Crippen molar-refractivity contribution < 1.29 is 17.6 Å². The molecule has 0 heterocycles. The number of carbonyl (C=O) groups is 1. The summed E-state index contributed by atoms with van der Waals surface area (Å²) in [5.74, 6) is -0.782. The van der Waals surface area contributed by atoms with Gasteiger partial charge in [0, 0.05) is 11.6 Å². The zero-order valence-corrected chi connectivity index (χ0v) is 14.7. The van der Waals surface area contributed by atoms with Crippen LogP contribution in [0.2, 0.25) is 0 Å². The minimum atomic E-state index is -3.74. The summed E-state index contributed by atoms with van der Waals surface area (Å²) in [6.07, 6.45) is 0. The van der Waals surface area contributed by atoms with E-state index in [1.54, 1.807) is 12.1 Å². The molecule has 0 radical (unpaired) electrons. The molecule has 1 saturated carbocycles. The van der Waals surface area contributed by atoms with Gasteiger partial charge in [0.15, 0.2) is 0 Å². The minimum absolute atomic E-state index is 0.0255. The van der Waals surface area contributed by atoms with Gasteiger partial charge in [0.2, 0.25) is 15.9 Å². The molecule has 3 rings (SSSR count). The first-order chi connectivity index (χ1) is 11.6. The predicted octanol–water partition coefficient (Wildman–Crippen LogP) is 2.85. The van der Waals surface area contributed by atoms with Gasteiger partial charge >= 0.3 is 0 Å². The summed E-state index contributed by atoms with van der Waals surface area (Å²) in [5.41, 5.74) is 1.17. The van der Waals surface area contributed by atoms with Crippen molar-refractivity contribution in [3.8, 4) is 0 Å². The second-order valence-electron chi connectivity index (χ2n) is 6.89. The fraction of sp³-hybridized carbons (Fsp3) is 0.278. The smallest absolute Gasteiger partial charge is 0.238 e. The van der Waals surface area contributed by atoms with Gasteiger partial charge in [0.25, 0.3) is 0 Å². The molecule has 1 fully saturated rings. The molecule has 0 bridgehead atoms. The summed E-state index contributed by atoms with van der Waals surface area (Å²) in [6.45, 7) is 3.97. The molecule has 2 aromatic rings. The number of amides is 1. The van der Waals surface area contributed by atoms with Gasteiger partial charge in [0.05, 0.1) is 10.8 Å². The van der Waals surface area contributed by atoms with Gasteiger partial charge in [-0.1, -0.05) is 26.0 Å². The minimum Gasteiger partial charge on any atom is -0.326 e. The van der Waals surface area contributed by atoms with Gasteiger partial charge in [0.1, 0.15) is 5.82 Å². The lowest BCUT2D eigenvalue weighted by molar-refractivity contribution is -0.118. The lowest BCUT2D eigenvalue weighted by Gasteiger charge is -2.06. The maximum atomic E-state index is 13.0. The van der Waals surface area contributed by atoms with E-state index in [0.717, 1.165) is 5.56 Å². The van der Waals surface area contributed by atoms with Crippen LogP contribution >= 0.6 is 0 Å². The molecular weight excluding hydrogens is 343 g/mol. The Morgan fingerprint density at radius 1 is 1.08 bits per heavy atom. The van der Waals surface area contributed by atoms with Crippen molar-refractivity contribution in [2.45, 2.75) is 24.7 Å². The molecule has 1 aliphatic carbocycles. The maximum absolute atomic E-state index is 13.0. The van der Waals surface area contributed by atoms with E-state index in [9.17, 15) is 17.6 Å². The number of anilines is 1. The number of primary sulfonamides is 1. The van der Waals surface area contributed by atoms with Crippen molar-refractivity contribution in [2.24, 2.45) is 16.5 Å². The van der Waals surface area contributed by atoms with E-state index in [0.29, 0.717) is 5.69 Å². The third-order valence-electron chi connectivity index (χ3n) is 4.79. The first-order valence-corrected chi connectivity index (χ1v) is 9.34. The Bertz CT molecular complexity index is 906. The number of halogens is 1. The van der Waals surface area contributed by atoms with Crippen LogP contribution in [0, 0.1) is 17.2 Å². The van der Waals surface area contributed by atoms with Crippen LogP contribution in [0.5, 0.6) is 0 Å². The van der Waals surface area contributed by atoms with Crippen molar-refractivity contribution in [3.63, 3.8) is 0 Å². The summed E-state index contributed by atoms with van der Waals surface area (Å²) < 4.78 is 35.6. The number of rotatable bonds is 4. The highest BCUT2D eigenvalue weighted by molar-refractivity contribution is 7.89. The van der Waals surface area contributed by atoms with Crippen LogP contribution in [0.3, 0.4) is 0 Å². The van der Waals surface area contributed by atoms with E-state index in [4.69, 9.17) is 5.14 Å². The summed E-state index contributed by atoms with van der Waals surface area (Å²) in [5, 5.41) is 7.91. The monoisotopic (exact) mass is 362 g/mol. The number of sulfonamides is 1. The van der Waals surface area contributed by atoms with Crippen LogP contribution in [0.15, 0.2) is 53.4 Å². The molecule has 25 heavy (non-hydrogen) atoms. The zero-order valence-electron chi connectivity index (χ0n) is 13.9. The highest BCUT2D eigenvalue weighted by Crippen LogP contribution is 2.64. The topological polar surface area (TPSA) is 89.3 Å². The van der Waals surface area contributed by atoms with Crippen LogP contribution in [0.1, 0.15) is 25.3 Å². The fourth-order valence-corrected chi connectivity index (χ4v) is 3.88. The zero-order chi connectivity index (χ0) is 18.4. The molecule has 5 nitrogen and oxygen atoms in total. The Morgan fingerprint density at radius 2 is 1.64 bits per heavy atom. The van der Waals surface area contributed by atoms with E-state index in [-0.39, 0.29) is 33.9 Å². The summed E-state index contributed by atoms with van der Waals surface area (Å²) in [6, 6.07) is 11.9. The number of benzene rings is 2. The Labute approximate surface area is 146 Å². The molecule has 2 atom stereocenters. The maximum Gasteiger partial charge on any atom is 0.238 e. The molecule has 2 aromatic carbocycles. The number of hydrogen-bond acceptors (Lipinski definition) is 3. The van der Waals surface area contributed by atoms with Crippen molar-refractivity contribution in [2.75, 3.05) is 5.32 Å². The van der Waals surface area contributed by atoms with Gasteiger partial charge in [-0.2, -0.15) is 0 Å². The molecular formula is C18H19FN2O3S. The molecule has 3 N–H and O–H groups in total. The van der Waals surface area contributed by atoms with Gasteiger partial charge in [-0.25, -0.2) is 17.9 Å². The molecule has 1 aliphatic rings. The van der Waals surface area contributed by atoms with Crippen LogP contribution in [-0.4, -0.2) is 14.3 Å². The average Bonchev–Trinajstić information content (AvgIpc) is 3.11. The quantitative estimate of drug-likeness (QED) is 0.876. The molecule has 0 saturated heterocycles. The van der Waals surface area contributed by atoms with E-state index in [2.05, 4.69) is 5.32 Å². The molecule has 0 aliphatic heterocycles. The van der Waals surface area contributed by atoms with Gasteiger partial charge in [-0.15, -0.1) is 0 Å². The first kappa shape index (κ1) is 17.6. The van der Waals surface area contributed by atoms with Crippen molar-refractivity contribution in [1.29, 1.82) is 0 Å². The van der Waals surface area contributed by atoms with E-state index in [1.165, 1.54) is 36.4 Å². The second kappa shape index (κ2) is 5.93. The lowest BCUT2D eigenvalue weighted by Crippen LogP contribution is -2.16. The third kappa shape index (κ3) is 3.43. The Morgan fingerprint density at radius 3 is 2.16 bits per heavy atom. The van der Waals surface area contributed by atoms with Crippen LogP contribution in [-0.2, 0) is 14.8 Å². The molecule has 1 amide bonds. The Kier molecular flexibility index (Phi) is 4.17. The largest absolute Gasteiger partial charge is 0.326 e. The van der Waals surface area contributed by atoms with Crippen LogP contribution in [0.25, 0.3) is 0 Å². The highest BCUT2D eigenvalue weighted by Gasteiger charge is 2.62. The Balaban J connectivity index is 1.77. The van der Waals surface area contributed by atoms with Gasteiger partial charge in [-0.3, -0.25) is 4.79 Å². The fourth-order valence-electron chi connectivity index (χ4n) is 3.37. The van der Waals surface area contributed by atoms with Crippen LogP contribution in [0.4, 0.5) is 10.1 Å². The summed E-state index contributed by atoms with van der Waals surface area (Å²) >= 11 is 0.